The van der Waals surface area contributed by atoms with Gasteiger partial charge in [0.25, 0.3) is 0 Å². The second-order valence-corrected chi connectivity index (χ2v) is 9.55. The van der Waals surface area contributed by atoms with Crippen molar-refractivity contribution in [1.29, 1.82) is 0 Å². The Bertz CT molecular complexity index is 1080. The highest BCUT2D eigenvalue weighted by Gasteiger charge is 2.19. The third kappa shape index (κ3) is 7.22. The molecule has 1 heterocycles. The minimum absolute atomic E-state index is 0. The van der Waals surface area contributed by atoms with Crippen LogP contribution in [0.3, 0.4) is 0 Å². The van der Waals surface area contributed by atoms with Gasteiger partial charge in [-0.25, -0.2) is 0 Å². The van der Waals surface area contributed by atoms with Crippen molar-refractivity contribution in [3.63, 3.8) is 0 Å². The lowest BCUT2D eigenvalue weighted by Gasteiger charge is -2.21. The van der Waals surface area contributed by atoms with Gasteiger partial charge in [-0.3, -0.25) is 9.78 Å². The third-order valence-electron chi connectivity index (χ3n) is 5.67. The lowest BCUT2D eigenvalue weighted by atomic mass is 9.90. The van der Waals surface area contributed by atoms with Crippen molar-refractivity contribution in [2.24, 2.45) is 17.4 Å². The molecule has 0 saturated heterocycles. The Kier molecular flexibility index (Phi) is 12.1. The Hall–Kier alpha value is -2.05. The van der Waals surface area contributed by atoms with Gasteiger partial charge in [-0.15, -0.1) is 36.6 Å². The summed E-state index contributed by atoms with van der Waals surface area (Å²) in [4.78, 5) is 17.4. The zero-order chi connectivity index (χ0) is 23.3. The molecule has 0 aliphatic heterocycles. The molecule has 0 aliphatic rings. The molecule has 1 amide bonds. The summed E-state index contributed by atoms with van der Waals surface area (Å²) in [5.41, 5.74) is 20.4. The molecular formula is C27H35Cl2N3OS. The van der Waals surface area contributed by atoms with Crippen molar-refractivity contribution >= 4 is 42.5 Å². The lowest BCUT2D eigenvalue weighted by Crippen LogP contribution is -2.13. The quantitative estimate of drug-likeness (QED) is 0.315. The van der Waals surface area contributed by atoms with Crippen LogP contribution in [0.15, 0.2) is 53.4 Å². The first-order valence-electron chi connectivity index (χ1n) is 11.2. The van der Waals surface area contributed by atoms with Gasteiger partial charge in [-0.05, 0) is 77.8 Å². The van der Waals surface area contributed by atoms with E-state index in [1.54, 1.807) is 23.9 Å². The van der Waals surface area contributed by atoms with Crippen LogP contribution in [-0.4, -0.2) is 10.9 Å². The average Bonchev–Trinajstić information content (AvgIpc) is 2.78. The summed E-state index contributed by atoms with van der Waals surface area (Å²) in [6, 6.07) is 16.3. The number of primary amides is 1. The Balaban J connectivity index is 0.00000289. The maximum Gasteiger partial charge on any atom is 0.248 e. The molecule has 0 aliphatic carbocycles. The monoisotopic (exact) mass is 519 g/mol. The lowest BCUT2D eigenvalue weighted by molar-refractivity contribution is 0.1000. The fourth-order valence-corrected chi connectivity index (χ4v) is 4.92. The number of nitrogens with zero attached hydrogens (tertiary/aromatic N) is 1. The molecule has 0 spiro atoms. The number of aryl methyl sites for hydroxylation is 2. The summed E-state index contributed by atoms with van der Waals surface area (Å²) in [5, 5.41) is 0. The first-order valence-corrected chi connectivity index (χ1v) is 12.2. The molecule has 0 radical (unpaired) electrons. The molecule has 0 bridgehead atoms. The number of carbonyl (C=O) groups is 1. The normalized spacial score (nSPS) is 10.5. The van der Waals surface area contributed by atoms with Crippen LogP contribution >= 0.6 is 36.6 Å². The van der Waals surface area contributed by atoms with E-state index in [9.17, 15) is 4.79 Å². The van der Waals surface area contributed by atoms with Gasteiger partial charge < -0.3 is 11.5 Å². The van der Waals surface area contributed by atoms with E-state index >= 15 is 0 Å². The summed E-state index contributed by atoms with van der Waals surface area (Å²) >= 11 is 1.73. The molecule has 0 fully saturated rings. The van der Waals surface area contributed by atoms with Crippen LogP contribution in [0, 0.1) is 12.8 Å². The van der Waals surface area contributed by atoms with E-state index in [0.29, 0.717) is 18.0 Å². The number of benzene rings is 2. The van der Waals surface area contributed by atoms with Gasteiger partial charge in [0, 0.05) is 34.1 Å². The molecule has 7 heteroatoms. The maximum absolute atomic E-state index is 11.4. The highest BCUT2D eigenvalue weighted by Crippen LogP contribution is 2.36. The molecule has 0 saturated carbocycles. The number of rotatable bonds is 9. The van der Waals surface area contributed by atoms with Crippen LogP contribution in [0.5, 0.6) is 0 Å². The van der Waals surface area contributed by atoms with E-state index in [1.165, 1.54) is 22.3 Å². The summed E-state index contributed by atoms with van der Waals surface area (Å²) in [6.45, 7) is 9.16. The Morgan fingerprint density at radius 3 is 2.12 bits per heavy atom. The number of pyridine rings is 1. The molecule has 2 aromatic carbocycles. The second kappa shape index (κ2) is 13.7. The van der Waals surface area contributed by atoms with E-state index in [1.807, 2.05) is 12.1 Å². The Morgan fingerprint density at radius 2 is 1.62 bits per heavy atom. The average molecular weight is 521 g/mol. The standard InChI is InChI=1S/C27H33N3OS.2ClH/c1-5-19-6-8-20(9-7-19)26-23(15-28)25(14-17(2)3)30-18(4)24(26)16-32-22-12-10-21(11-13-22)27(29)31;;/h6-13,17H,5,14-16,28H2,1-4H3,(H2,29,31);2*1H. The van der Waals surface area contributed by atoms with Crippen molar-refractivity contribution in [2.75, 3.05) is 0 Å². The molecule has 0 unspecified atom stereocenters. The van der Waals surface area contributed by atoms with Crippen molar-refractivity contribution in [1.82, 2.24) is 4.98 Å². The summed E-state index contributed by atoms with van der Waals surface area (Å²) in [5.74, 6) is 0.869. The van der Waals surface area contributed by atoms with Gasteiger partial charge in [0.1, 0.15) is 0 Å². The number of halogens is 2. The van der Waals surface area contributed by atoms with E-state index in [4.69, 9.17) is 16.5 Å². The minimum atomic E-state index is -0.410. The molecule has 34 heavy (non-hydrogen) atoms. The number of aromatic nitrogens is 1. The number of amides is 1. The van der Waals surface area contributed by atoms with E-state index < -0.39 is 5.91 Å². The maximum atomic E-state index is 11.4. The molecule has 0 atom stereocenters. The minimum Gasteiger partial charge on any atom is -0.366 e. The van der Waals surface area contributed by atoms with Gasteiger partial charge in [0.2, 0.25) is 5.91 Å². The highest BCUT2D eigenvalue weighted by molar-refractivity contribution is 7.98. The van der Waals surface area contributed by atoms with E-state index in [-0.39, 0.29) is 24.8 Å². The Labute approximate surface area is 220 Å². The zero-order valence-electron chi connectivity index (χ0n) is 20.3. The summed E-state index contributed by atoms with van der Waals surface area (Å²) in [6.07, 6.45) is 1.93. The van der Waals surface area contributed by atoms with Gasteiger partial charge in [-0.1, -0.05) is 45.0 Å². The highest BCUT2D eigenvalue weighted by atomic mass is 35.5. The van der Waals surface area contributed by atoms with Crippen molar-refractivity contribution in [3.05, 3.63) is 82.2 Å². The van der Waals surface area contributed by atoms with Gasteiger partial charge in [0.05, 0.1) is 0 Å². The molecule has 4 nitrogen and oxygen atoms in total. The fourth-order valence-electron chi connectivity index (χ4n) is 3.92. The van der Waals surface area contributed by atoms with Gasteiger partial charge >= 0.3 is 0 Å². The molecule has 4 N–H and O–H groups in total. The van der Waals surface area contributed by atoms with Gasteiger partial charge in [-0.2, -0.15) is 0 Å². The van der Waals surface area contributed by atoms with Crippen LogP contribution in [0.1, 0.15) is 59.2 Å². The number of hydrogen-bond acceptors (Lipinski definition) is 4. The van der Waals surface area contributed by atoms with E-state index in [0.717, 1.165) is 40.4 Å². The summed E-state index contributed by atoms with van der Waals surface area (Å²) in [7, 11) is 0. The molecule has 3 rings (SSSR count). The van der Waals surface area contributed by atoms with Crippen molar-refractivity contribution in [2.45, 2.75) is 57.7 Å². The fraction of sp³-hybridized carbons (Fsp3) is 0.333. The smallest absolute Gasteiger partial charge is 0.248 e. The summed E-state index contributed by atoms with van der Waals surface area (Å²) < 4.78 is 0. The molecular weight excluding hydrogens is 485 g/mol. The van der Waals surface area contributed by atoms with Crippen molar-refractivity contribution in [3.8, 4) is 11.1 Å². The van der Waals surface area contributed by atoms with Crippen molar-refractivity contribution < 1.29 is 4.79 Å². The number of hydrogen-bond donors (Lipinski definition) is 2. The second-order valence-electron chi connectivity index (χ2n) is 8.51. The predicted molar refractivity (Wildman–Crippen MR) is 149 cm³/mol. The van der Waals surface area contributed by atoms with Crippen LogP contribution in [0.25, 0.3) is 11.1 Å². The SMILES string of the molecule is CCc1ccc(-c2c(CSc3ccc(C(N)=O)cc3)c(C)nc(CC(C)C)c2CN)cc1.Cl.Cl. The van der Waals surface area contributed by atoms with Crippen LogP contribution in [0.2, 0.25) is 0 Å². The van der Waals surface area contributed by atoms with Crippen LogP contribution < -0.4 is 11.5 Å². The zero-order valence-corrected chi connectivity index (χ0v) is 22.7. The van der Waals surface area contributed by atoms with Gasteiger partial charge in [0.15, 0.2) is 0 Å². The predicted octanol–water partition coefficient (Wildman–Crippen LogP) is 6.51. The first kappa shape index (κ1) is 30.0. The molecule has 3 aromatic rings. The third-order valence-corrected chi connectivity index (χ3v) is 6.71. The number of nitrogens with two attached hydrogens (primary N) is 2. The Morgan fingerprint density at radius 1 is 1.00 bits per heavy atom. The topological polar surface area (TPSA) is 82.0 Å². The first-order chi connectivity index (χ1) is 15.3. The number of carbonyl (C=O) groups excluding carboxylic acids is 1. The largest absolute Gasteiger partial charge is 0.366 e. The molecule has 1 aromatic heterocycles. The van der Waals surface area contributed by atoms with E-state index in [2.05, 4.69) is 52.0 Å². The van der Waals surface area contributed by atoms with Crippen LogP contribution in [-0.2, 0) is 25.1 Å². The number of thioether (sulfide) groups is 1. The molecule has 184 valence electrons. The van der Waals surface area contributed by atoms with Crippen LogP contribution in [0.4, 0.5) is 0 Å².